The lowest BCUT2D eigenvalue weighted by molar-refractivity contribution is 0.0213. The van der Waals surface area contributed by atoms with Crippen LogP contribution in [0.15, 0.2) is 24.3 Å². The van der Waals surface area contributed by atoms with Crippen LogP contribution in [0.4, 0.5) is 0 Å². The van der Waals surface area contributed by atoms with Crippen molar-refractivity contribution in [1.29, 1.82) is 0 Å². The van der Waals surface area contributed by atoms with Gasteiger partial charge in [0.25, 0.3) is 0 Å². The van der Waals surface area contributed by atoms with Crippen molar-refractivity contribution in [2.24, 2.45) is 5.92 Å². The predicted molar refractivity (Wildman–Crippen MR) is 107 cm³/mol. The third kappa shape index (κ3) is 9.09. The SMILES string of the molecule is CCCCCCCCCCc1ccc(C(=O)OC(C)C(C)CC)cc1. The predicted octanol–water partition coefficient (Wildman–Crippen LogP) is 6.96. The lowest BCUT2D eigenvalue weighted by Gasteiger charge is -2.18. The lowest BCUT2D eigenvalue weighted by atomic mass is 10.0. The van der Waals surface area contributed by atoms with E-state index in [1.807, 2.05) is 19.1 Å². The molecule has 25 heavy (non-hydrogen) atoms. The largest absolute Gasteiger partial charge is 0.459 e. The molecule has 0 saturated heterocycles. The van der Waals surface area contributed by atoms with Crippen molar-refractivity contribution >= 4 is 5.97 Å². The van der Waals surface area contributed by atoms with Crippen molar-refractivity contribution in [3.63, 3.8) is 0 Å². The zero-order valence-electron chi connectivity index (χ0n) is 16.9. The fourth-order valence-electron chi connectivity index (χ4n) is 2.96. The lowest BCUT2D eigenvalue weighted by Crippen LogP contribution is -2.21. The average Bonchev–Trinajstić information content (AvgIpc) is 2.63. The van der Waals surface area contributed by atoms with Crippen molar-refractivity contribution in [3.05, 3.63) is 35.4 Å². The zero-order chi connectivity index (χ0) is 18.5. The molecule has 2 nitrogen and oxygen atoms in total. The molecule has 0 bridgehead atoms. The number of carbonyl (C=O) groups excluding carboxylic acids is 1. The van der Waals surface area contributed by atoms with Crippen LogP contribution in [0.2, 0.25) is 0 Å². The highest BCUT2D eigenvalue weighted by atomic mass is 16.5. The first kappa shape index (κ1) is 21.7. The maximum absolute atomic E-state index is 12.2. The average molecular weight is 347 g/mol. The minimum Gasteiger partial charge on any atom is -0.459 e. The molecule has 1 rings (SSSR count). The first-order valence-corrected chi connectivity index (χ1v) is 10.4. The van der Waals surface area contributed by atoms with Gasteiger partial charge < -0.3 is 4.74 Å². The molecule has 0 spiro atoms. The van der Waals surface area contributed by atoms with Crippen LogP contribution < -0.4 is 0 Å². The highest BCUT2D eigenvalue weighted by Gasteiger charge is 2.16. The number of unbranched alkanes of at least 4 members (excludes halogenated alkanes) is 7. The topological polar surface area (TPSA) is 26.3 Å². The van der Waals surface area contributed by atoms with Gasteiger partial charge in [0.15, 0.2) is 0 Å². The van der Waals surface area contributed by atoms with Gasteiger partial charge in [-0.2, -0.15) is 0 Å². The highest BCUT2D eigenvalue weighted by Crippen LogP contribution is 2.15. The number of carbonyl (C=O) groups is 1. The maximum atomic E-state index is 12.2. The van der Waals surface area contributed by atoms with Crippen LogP contribution >= 0.6 is 0 Å². The van der Waals surface area contributed by atoms with Gasteiger partial charge in [-0.3, -0.25) is 0 Å². The monoisotopic (exact) mass is 346 g/mol. The molecule has 0 radical (unpaired) electrons. The Balaban J connectivity index is 2.26. The van der Waals surface area contributed by atoms with Crippen molar-refractivity contribution < 1.29 is 9.53 Å². The quantitative estimate of drug-likeness (QED) is 0.285. The van der Waals surface area contributed by atoms with Gasteiger partial charge in [0.05, 0.1) is 5.56 Å². The molecule has 0 aliphatic carbocycles. The third-order valence-electron chi connectivity index (χ3n) is 5.25. The molecule has 0 amide bonds. The molecule has 1 aromatic carbocycles. The minimum absolute atomic E-state index is 0.0329. The Bertz CT molecular complexity index is 463. The fraction of sp³-hybridized carbons (Fsp3) is 0.696. The Morgan fingerprint density at radius 2 is 1.44 bits per heavy atom. The summed E-state index contributed by atoms with van der Waals surface area (Å²) >= 11 is 0. The summed E-state index contributed by atoms with van der Waals surface area (Å²) in [5, 5.41) is 0. The zero-order valence-corrected chi connectivity index (χ0v) is 16.9. The standard InChI is InChI=1S/C23H38O2/c1-5-7-8-9-10-11-12-13-14-21-15-17-22(18-16-21)23(24)25-20(4)19(3)6-2/h15-20H,5-14H2,1-4H3. The molecule has 142 valence electrons. The molecule has 0 N–H and O–H groups in total. The van der Waals surface area contributed by atoms with Crippen LogP contribution in [-0.4, -0.2) is 12.1 Å². The van der Waals surface area contributed by atoms with E-state index in [1.54, 1.807) is 0 Å². The van der Waals surface area contributed by atoms with Crippen molar-refractivity contribution in [1.82, 2.24) is 0 Å². The van der Waals surface area contributed by atoms with Gasteiger partial charge in [-0.15, -0.1) is 0 Å². The fourth-order valence-corrected chi connectivity index (χ4v) is 2.96. The summed E-state index contributed by atoms with van der Waals surface area (Å²) in [7, 11) is 0. The van der Waals surface area contributed by atoms with Gasteiger partial charge in [0.2, 0.25) is 0 Å². The summed E-state index contributed by atoms with van der Waals surface area (Å²) < 4.78 is 5.54. The first-order valence-electron chi connectivity index (χ1n) is 10.4. The third-order valence-corrected chi connectivity index (χ3v) is 5.25. The minimum atomic E-state index is -0.202. The summed E-state index contributed by atoms with van der Waals surface area (Å²) in [6, 6.07) is 7.97. The maximum Gasteiger partial charge on any atom is 0.338 e. The van der Waals surface area contributed by atoms with Gasteiger partial charge >= 0.3 is 5.97 Å². The Kier molecular flexibility index (Phi) is 11.3. The van der Waals surface area contributed by atoms with E-state index in [4.69, 9.17) is 4.74 Å². The molecule has 0 aromatic heterocycles. The molecule has 0 saturated carbocycles. The van der Waals surface area contributed by atoms with Crippen LogP contribution in [0.3, 0.4) is 0 Å². The van der Waals surface area contributed by atoms with Gasteiger partial charge in [0, 0.05) is 0 Å². The van der Waals surface area contributed by atoms with Gasteiger partial charge in [-0.25, -0.2) is 4.79 Å². The molecule has 1 aromatic rings. The number of ether oxygens (including phenoxy) is 1. The number of rotatable bonds is 13. The van der Waals surface area contributed by atoms with Crippen molar-refractivity contribution in [2.75, 3.05) is 0 Å². The molecule has 0 heterocycles. The summed E-state index contributed by atoms with van der Waals surface area (Å²) in [4.78, 5) is 12.2. The van der Waals surface area contributed by atoms with Crippen molar-refractivity contribution in [2.45, 2.75) is 98.0 Å². The Morgan fingerprint density at radius 3 is 2.00 bits per heavy atom. The van der Waals surface area contributed by atoms with Crippen LogP contribution in [0, 0.1) is 5.92 Å². The number of hydrogen-bond acceptors (Lipinski definition) is 2. The van der Waals surface area contributed by atoms with Crippen molar-refractivity contribution in [3.8, 4) is 0 Å². The van der Waals surface area contributed by atoms with E-state index in [0.717, 1.165) is 12.8 Å². The molecule has 2 unspecified atom stereocenters. The molecular weight excluding hydrogens is 308 g/mol. The van der Waals surface area contributed by atoms with E-state index < -0.39 is 0 Å². The molecule has 0 fully saturated rings. The number of aryl methyl sites for hydroxylation is 1. The van der Waals surface area contributed by atoms with Gasteiger partial charge in [-0.1, -0.05) is 84.3 Å². The number of hydrogen-bond donors (Lipinski definition) is 0. The molecule has 0 aliphatic heterocycles. The van der Waals surface area contributed by atoms with E-state index in [1.165, 1.54) is 56.9 Å². The second-order valence-electron chi connectivity index (χ2n) is 7.42. The summed E-state index contributed by atoms with van der Waals surface area (Å²) in [5.74, 6) is 0.191. The van der Waals surface area contributed by atoms with Crippen LogP contribution in [0.1, 0.15) is 101 Å². The van der Waals surface area contributed by atoms with Gasteiger partial charge in [0.1, 0.15) is 6.10 Å². The van der Waals surface area contributed by atoms with Crippen LogP contribution in [0.5, 0.6) is 0 Å². The van der Waals surface area contributed by atoms with E-state index in [-0.39, 0.29) is 12.1 Å². The molecular formula is C23H38O2. The summed E-state index contributed by atoms with van der Waals surface area (Å²) in [6.07, 6.45) is 12.8. The molecule has 2 atom stereocenters. The molecule has 2 heteroatoms. The summed E-state index contributed by atoms with van der Waals surface area (Å²) in [5.41, 5.74) is 1.98. The van der Waals surface area contributed by atoms with E-state index >= 15 is 0 Å². The second kappa shape index (κ2) is 13.0. The first-order chi connectivity index (χ1) is 12.1. The van der Waals surface area contributed by atoms with Crippen LogP contribution in [0.25, 0.3) is 0 Å². The van der Waals surface area contributed by atoms with E-state index in [2.05, 4.69) is 32.9 Å². The van der Waals surface area contributed by atoms with Crippen LogP contribution in [-0.2, 0) is 11.2 Å². The number of esters is 1. The Morgan fingerprint density at radius 1 is 0.880 bits per heavy atom. The van der Waals surface area contributed by atoms with Gasteiger partial charge in [-0.05, 0) is 43.4 Å². The number of benzene rings is 1. The second-order valence-corrected chi connectivity index (χ2v) is 7.42. The highest BCUT2D eigenvalue weighted by molar-refractivity contribution is 5.89. The summed E-state index contributed by atoms with van der Waals surface area (Å²) in [6.45, 7) is 8.47. The van der Waals surface area contributed by atoms with E-state index in [0.29, 0.717) is 11.5 Å². The van der Waals surface area contributed by atoms with E-state index in [9.17, 15) is 4.79 Å². The Hall–Kier alpha value is -1.31. The molecule has 0 aliphatic rings. The smallest absolute Gasteiger partial charge is 0.338 e. The Labute approximate surface area is 155 Å². The normalized spacial score (nSPS) is 13.4.